The number of carbonyl (C=O) groups excluding carboxylic acids is 1. The van der Waals surface area contributed by atoms with Crippen molar-refractivity contribution in [1.82, 2.24) is 0 Å². The van der Waals surface area contributed by atoms with Crippen molar-refractivity contribution in [3.05, 3.63) is 29.8 Å². The number of phenolic OH excluding ortho intramolecular Hbond substituents is 1. The third-order valence-corrected chi connectivity index (χ3v) is 2.45. The fourth-order valence-corrected chi connectivity index (χ4v) is 1.49. The van der Waals surface area contributed by atoms with Gasteiger partial charge in [-0.15, -0.1) is 0 Å². The van der Waals surface area contributed by atoms with Crippen molar-refractivity contribution in [2.24, 2.45) is 0 Å². The lowest BCUT2D eigenvalue weighted by Crippen LogP contribution is -2.23. The summed E-state index contributed by atoms with van der Waals surface area (Å²) < 4.78 is 19.0. The van der Waals surface area contributed by atoms with E-state index in [2.05, 4.69) is 9.26 Å². The Morgan fingerprint density at radius 1 is 1.26 bits per heavy atom. The van der Waals surface area contributed by atoms with E-state index in [0.29, 0.717) is 0 Å². The zero-order valence-corrected chi connectivity index (χ0v) is 10.6. The van der Waals surface area contributed by atoms with E-state index in [4.69, 9.17) is 9.79 Å². The Balaban J connectivity index is 2.43. The number of esters is 1. The standard InChI is InChI=1S/C10H13O8P/c11-7(6-18-19(14,15)16)5-17-10(13)8-3-1-2-4-9(8)12/h1-4,7,11-12H,5-6H2,(H2,14,15,16). The Kier molecular flexibility index (Phi) is 5.46. The molecule has 1 aromatic rings. The van der Waals surface area contributed by atoms with E-state index in [1.54, 1.807) is 0 Å². The van der Waals surface area contributed by atoms with Crippen LogP contribution in [0.3, 0.4) is 0 Å². The van der Waals surface area contributed by atoms with E-state index in [1.807, 2.05) is 0 Å². The van der Waals surface area contributed by atoms with Crippen molar-refractivity contribution in [3.63, 3.8) is 0 Å². The maximum absolute atomic E-state index is 11.5. The number of benzene rings is 1. The molecule has 0 amide bonds. The minimum absolute atomic E-state index is 0.0781. The summed E-state index contributed by atoms with van der Waals surface area (Å²) in [6, 6.07) is 5.67. The molecule has 106 valence electrons. The number of ether oxygens (including phenoxy) is 1. The molecule has 0 aliphatic rings. The minimum atomic E-state index is -4.67. The van der Waals surface area contributed by atoms with Crippen LogP contribution in [-0.2, 0) is 13.8 Å². The lowest BCUT2D eigenvalue weighted by atomic mass is 10.2. The molecule has 0 fully saturated rings. The van der Waals surface area contributed by atoms with Crippen LogP contribution in [0, 0.1) is 0 Å². The third-order valence-electron chi connectivity index (χ3n) is 1.97. The second-order valence-corrected chi connectivity index (χ2v) is 4.80. The number of para-hydroxylation sites is 1. The van der Waals surface area contributed by atoms with Crippen LogP contribution in [0.1, 0.15) is 10.4 Å². The lowest BCUT2D eigenvalue weighted by molar-refractivity contribution is 0.00889. The number of aliphatic hydroxyl groups is 1. The first-order valence-electron chi connectivity index (χ1n) is 5.13. The summed E-state index contributed by atoms with van der Waals surface area (Å²) in [7, 11) is -4.67. The quantitative estimate of drug-likeness (QED) is 0.426. The number of rotatable bonds is 6. The third kappa shape index (κ3) is 5.82. The van der Waals surface area contributed by atoms with Crippen molar-refractivity contribution in [3.8, 4) is 5.75 Å². The Labute approximate surface area is 108 Å². The van der Waals surface area contributed by atoms with Gasteiger partial charge in [0, 0.05) is 0 Å². The number of hydrogen-bond donors (Lipinski definition) is 4. The molecule has 0 saturated heterocycles. The first-order chi connectivity index (χ1) is 8.79. The van der Waals surface area contributed by atoms with Gasteiger partial charge in [0.15, 0.2) is 0 Å². The normalized spacial score (nSPS) is 13.0. The maximum atomic E-state index is 11.5. The smallest absolute Gasteiger partial charge is 0.469 e. The maximum Gasteiger partial charge on any atom is 0.469 e. The van der Waals surface area contributed by atoms with Crippen LogP contribution in [0.15, 0.2) is 24.3 Å². The zero-order valence-electron chi connectivity index (χ0n) is 9.67. The molecule has 0 spiro atoms. The van der Waals surface area contributed by atoms with Crippen molar-refractivity contribution < 1.29 is 38.6 Å². The predicted molar refractivity (Wildman–Crippen MR) is 62.4 cm³/mol. The summed E-state index contributed by atoms with van der Waals surface area (Å²) in [5.74, 6) is -1.14. The van der Waals surface area contributed by atoms with Gasteiger partial charge in [0.05, 0.1) is 6.61 Å². The van der Waals surface area contributed by atoms with Crippen molar-refractivity contribution in [1.29, 1.82) is 0 Å². The minimum Gasteiger partial charge on any atom is -0.507 e. The Morgan fingerprint density at radius 2 is 1.89 bits per heavy atom. The zero-order chi connectivity index (χ0) is 14.5. The number of phenols is 1. The van der Waals surface area contributed by atoms with Crippen LogP contribution in [-0.4, -0.2) is 45.3 Å². The van der Waals surface area contributed by atoms with Crippen LogP contribution >= 0.6 is 7.82 Å². The van der Waals surface area contributed by atoms with Crippen molar-refractivity contribution in [2.45, 2.75) is 6.10 Å². The molecule has 0 saturated carbocycles. The molecule has 9 heteroatoms. The van der Waals surface area contributed by atoms with Crippen LogP contribution in [0.2, 0.25) is 0 Å². The highest BCUT2D eigenvalue weighted by molar-refractivity contribution is 7.46. The molecule has 1 aromatic carbocycles. The molecule has 4 N–H and O–H groups in total. The summed E-state index contributed by atoms with van der Waals surface area (Å²) in [5, 5.41) is 18.6. The topological polar surface area (TPSA) is 134 Å². The summed E-state index contributed by atoms with van der Waals surface area (Å²) in [4.78, 5) is 28.3. The fourth-order valence-electron chi connectivity index (χ4n) is 1.13. The highest BCUT2D eigenvalue weighted by atomic mass is 31.2. The molecule has 1 atom stereocenters. The van der Waals surface area contributed by atoms with E-state index < -0.39 is 33.1 Å². The predicted octanol–water partition coefficient (Wildman–Crippen LogP) is 0.0192. The number of aromatic hydroxyl groups is 1. The first-order valence-corrected chi connectivity index (χ1v) is 6.66. The van der Waals surface area contributed by atoms with Gasteiger partial charge in [-0.2, -0.15) is 0 Å². The molecule has 0 heterocycles. The van der Waals surface area contributed by atoms with Gasteiger partial charge in [-0.3, -0.25) is 4.52 Å². The number of hydrogen-bond acceptors (Lipinski definition) is 6. The molecule has 19 heavy (non-hydrogen) atoms. The SMILES string of the molecule is O=C(OCC(O)COP(=O)(O)O)c1ccccc1O. The summed E-state index contributed by atoms with van der Waals surface area (Å²) in [6.45, 7) is -1.20. The number of phosphoric ester groups is 1. The Bertz CT molecular complexity index is 482. The van der Waals surface area contributed by atoms with Gasteiger partial charge < -0.3 is 24.7 Å². The van der Waals surface area contributed by atoms with Crippen LogP contribution in [0.4, 0.5) is 0 Å². The molecule has 1 rings (SSSR count). The molecule has 0 aliphatic heterocycles. The van der Waals surface area contributed by atoms with Gasteiger partial charge in [0.2, 0.25) is 0 Å². The van der Waals surface area contributed by atoms with Gasteiger partial charge in [-0.25, -0.2) is 9.36 Å². The molecule has 0 radical (unpaired) electrons. The molecule has 0 bridgehead atoms. The summed E-state index contributed by atoms with van der Waals surface area (Å²) in [5.41, 5.74) is -0.0781. The lowest BCUT2D eigenvalue weighted by Gasteiger charge is -2.12. The molecular formula is C10H13O8P. The number of phosphoric acid groups is 1. The Hall–Kier alpha value is -1.44. The average Bonchev–Trinajstić information content (AvgIpc) is 2.33. The first kappa shape index (κ1) is 15.6. The molecule has 0 aromatic heterocycles. The average molecular weight is 292 g/mol. The second kappa shape index (κ2) is 6.65. The van der Waals surface area contributed by atoms with Crippen molar-refractivity contribution in [2.75, 3.05) is 13.2 Å². The highest BCUT2D eigenvalue weighted by Crippen LogP contribution is 2.35. The van der Waals surface area contributed by atoms with Gasteiger partial charge in [0.25, 0.3) is 0 Å². The highest BCUT2D eigenvalue weighted by Gasteiger charge is 2.19. The monoisotopic (exact) mass is 292 g/mol. The van der Waals surface area contributed by atoms with E-state index in [9.17, 15) is 19.6 Å². The molecule has 8 nitrogen and oxygen atoms in total. The van der Waals surface area contributed by atoms with Gasteiger partial charge in [0.1, 0.15) is 24.0 Å². The van der Waals surface area contributed by atoms with Gasteiger partial charge >= 0.3 is 13.8 Å². The molecule has 1 unspecified atom stereocenters. The van der Waals surface area contributed by atoms with Crippen molar-refractivity contribution >= 4 is 13.8 Å². The van der Waals surface area contributed by atoms with Gasteiger partial charge in [-0.05, 0) is 12.1 Å². The molecular weight excluding hydrogens is 279 g/mol. The van der Waals surface area contributed by atoms with E-state index in [0.717, 1.165) is 0 Å². The molecule has 0 aliphatic carbocycles. The van der Waals surface area contributed by atoms with E-state index >= 15 is 0 Å². The second-order valence-electron chi connectivity index (χ2n) is 3.56. The van der Waals surface area contributed by atoms with Crippen LogP contribution in [0.5, 0.6) is 5.75 Å². The largest absolute Gasteiger partial charge is 0.507 e. The number of carbonyl (C=O) groups is 1. The van der Waals surface area contributed by atoms with Gasteiger partial charge in [-0.1, -0.05) is 12.1 Å². The summed E-state index contributed by atoms with van der Waals surface area (Å²) >= 11 is 0. The van der Waals surface area contributed by atoms with E-state index in [-0.39, 0.29) is 11.3 Å². The van der Waals surface area contributed by atoms with E-state index in [1.165, 1.54) is 24.3 Å². The van der Waals surface area contributed by atoms with Crippen LogP contribution < -0.4 is 0 Å². The van der Waals surface area contributed by atoms with Crippen LogP contribution in [0.25, 0.3) is 0 Å². The number of aliphatic hydroxyl groups excluding tert-OH is 1. The summed E-state index contributed by atoms with van der Waals surface area (Å²) in [6.07, 6.45) is -1.39. The Morgan fingerprint density at radius 3 is 2.47 bits per heavy atom. The fraction of sp³-hybridized carbons (Fsp3) is 0.300.